The first-order chi connectivity index (χ1) is 9.27. The first-order valence-corrected chi connectivity index (χ1v) is 6.98. The summed E-state index contributed by atoms with van der Waals surface area (Å²) in [7, 11) is 0. The average Bonchev–Trinajstić information content (AvgIpc) is 2.43. The Morgan fingerprint density at radius 2 is 1.95 bits per heavy atom. The molecule has 1 atom stereocenters. The summed E-state index contributed by atoms with van der Waals surface area (Å²) in [5.41, 5.74) is 1.12. The van der Waals surface area contributed by atoms with Crippen molar-refractivity contribution in [3.05, 3.63) is 36.8 Å². The summed E-state index contributed by atoms with van der Waals surface area (Å²) in [4.78, 5) is 0. The van der Waals surface area contributed by atoms with Crippen LogP contribution in [-0.2, 0) is 9.47 Å². The first-order valence-electron chi connectivity index (χ1n) is 6.98. The van der Waals surface area contributed by atoms with Gasteiger partial charge in [0.15, 0.2) is 0 Å². The lowest BCUT2D eigenvalue weighted by atomic mass is 10.2. The second-order valence-electron chi connectivity index (χ2n) is 4.44. The molecule has 0 spiro atoms. The van der Waals surface area contributed by atoms with Gasteiger partial charge in [-0.3, -0.25) is 0 Å². The van der Waals surface area contributed by atoms with Crippen LogP contribution in [-0.4, -0.2) is 26.1 Å². The third kappa shape index (κ3) is 6.60. The van der Waals surface area contributed by atoms with E-state index >= 15 is 0 Å². The van der Waals surface area contributed by atoms with Gasteiger partial charge in [-0.2, -0.15) is 0 Å². The van der Waals surface area contributed by atoms with E-state index in [1.165, 1.54) is 0 Å². The molecular formula is C16H25O3. The number of rotatable bonds is 10. The molecule has 0 bridgehead atoms. The molecule has 0 aliphatic rings. The van der Waals surface area contributed by atoms with Crippen molar-refractivity contribution < 1.29 is 14.2 Å². The van der Waals surface area contributed by atoms with E-state index in [9.17, 15) is 0 Å². The van der Waals surface area contributed by atoms with Gasteiger partial charge in [0.1, 0.15) is 5.75 Å². The molecule has 1 aromatic carbocycles. The van der Waals surface area contributed by atoms with Crippen molar-refractivity contribution in [2.75, 3.05) is 19.8 Å². The van der Waals surface area contributed by atoms with Crippen molar-refractivity contribution in [3.63, 3.8) is 0 Å². The maximum absolute atomic E-state index is 5.91. The molecule has 0 heterocycles. The summed E-state index contributed by atoms with van der Waals surface area (Å²) in [6, 6.07) is 7.97. The normalized spacial score (nSPS) is 12.4. The lowest BCUT2D eigenvalue weighted by Gasteiger charge is -2.20. The molecule has 0 aliphatic heterocycles. The Kier molecular flexibility index (Phi) is 8.26. The van der Waals surface area contributed by atoms with Crippen molar-refractivity contribution in [2.24, 2.45) is 0 Å². The van der Waals surface area contributed by atoms with E-state index < -0.39 is 0 Å². The molecule has 3 heteroatoms. The molecule has 0 aromatic heterocycles. The van der Waals surface area contributed by atoms with Crippen molar-refractivity contribution in [2.45, 2.75) is 39.4 Å². The number of aryl methyl sites for hydroxylation is 1. The maximum atomic E-state index is 5.91. The minimum atomic E-state index is -0.245. The largest absolute Gasteiger partial charge is 0.465 e. The Labute approximate surface area is 116 Å². The van der Waals surface area contributed by atoms with Crippen LogP contribution >= 0.6 is 0 Å². The van der Waals surface area contributed by atoms with Crippen molar-refractivity contribution in [1.29, 1.82) is 0 Å². The van der Waals surface area contributed by atoms with E-state index in [0.717, 1.165) is 30.6 Å². The van der Waals surface area contributed by atoms with Crippen LogP contribution in [0.15, 0.2) is 24.3 Å². The third-order valence-electron chi connectivity index (χ3n) is 2.65. The highest BCUT2D eigenvalue weighted by molar-refractivity contribution is 5.31. The maximum Gasteiger partial charge on any atom is 0.202 e. The van der Waals surface area contributed by atoms with E-state index in [-0.39, 0.29) is 6.29 Å². The van der Waals surface area contributed by atoms with E-state index in [2.05, 4.69) is 13.8 Å². The van der Waals surface area contributed by atoms with Gasteiger partial charge in [0.05, 0.1) is 13.2 Å². The van der Waals surface area contributed by atoms with Crippen LogP contribution in [0.3, 0.4) is 0 Å². The van der Waals surface area contributed by atoms with Gasteiger partial charge in [-0.15, -0.1) is 0 Å². The topological polar surface area (TPSA) is 27.7 Å². The average molecular weight is 265 g/mol. The summed E-state index contributed by atoms with van der Waals surface area (Å²) >= 11 is 0. The lowest BCUT2D eigenvalue weighted by Crippen LogP contribution is -2.23. The summed E-state index contributed by atoms with van der Waals surface area (Å²) in [5, 5.41) is 0. The van der Waals surface area contributed by atoms with E-state index in [1.807, 2.05) is 31.2 Å². The Hall–Kier alpha value is -1.06. The van der Waals surface area contributed by atoms with E-state index in [4.69, 9.17) is 14.2 Å². The van der Waals surface area contributed by atoms with E-state index in [1.54, 1.807) is 0 Å². The van der Waals surface area contributed by atoms with Gasteiger partial charge >= 0.3 is 0 Å². The summed E-state index contributed by atoms with van der Waals surface area (Å²) < 4.78 is 17.1. The fraction of sp³-hybridized carbons (Fsp3) is 0.562. The number of ether oxygens (including phenoxy) is 3. The fourth-order valence-electron chi connectivity index (χ4n) is 1.64. The Bertz CT molecular complexity index is 339. The predicted molar refractivity (Wildman–Crippen MR) is 77.2 cm³/mol. The Morgan fingerprint density at radius 1 is 1.16 bits per heavy atom. The molecule has 1 rings (SSSR count). The van der Waals surface area contributed by atoms with Crippen molar-refractivity contribution in [1.82, 2.24) is 0 Å². The molecule has 0 N–H and O–H groups in total. The molecule has 1 unspecified atom stereocenters. The van der Waals surface area contributed by atoms with Gasteiger partial charge in [0, 0.05) is 13.0 Å². The van der Waals surface area contributed by atoms with E-state index in [0.29, 0.717) is 19.8 Å². The smallest absolute Gasteiger partial charge is 0.202 e. The fourth-order valence-corrected chi connectivity index (χ4v) is 1.64. The molecule has 3 nitrogen and oxygen atoms in total. The highest BCUT2D eigenvalue weighted by Gasteiger charge is 2.11. The van der Waals surface area contributed by atoms with Crippen LogP contribution in [0.1, 0.15) is 31.7 Å². The van der Waals surface area contributed by atoms with Gasteiger partial charge in [0.25, 0.3) is 0 Å². The standard InChI is InChI=1S/C16H25O3/c1-4-11-17-13-10-16(18-12-5-2)19-15-9-7-6-8-14(15)3/h6-9,16H,1,4-5,10-13H2,2-3H3. The number of hydrogen-bond donors (Lipinski definition) is 0. The minimum Gasteiger partial charge on any atom is -0.465 e. The van der Waals surface area contributed by atoms with Crippen LogP contribution in [0.5, 0.6) is 5.75 Å². The van der Waals surface area contributed by atoms with Gasteiger partial charge in [-0.05, 0) is 31.4 Å². The quantitative estimate of drug-likeness (QED) is 0.476. The molecule has 0 saturated heterocycles. The van der Waals surface area contributed by atoms with Crippen LogP contribution in [0.25, 0.3) is 0 Å². The van der Waals surface area contributed by atoms with Crippen LogP contribution in [0, 0.1) is 13.8 Å². The summed E-state index contributed by atoms with van der Waals surface area (Å²) in [6.07, 6.45) is 2.26. The van der Waals surface area contributed by atoms with Crippen LogP contribution < -0.4 is 4.74 Å². The summed E-state index contributed by atoms with van der Waals surface area (Å²) in [5.74, 6) is 0.876. The molecule has 1 aromatic rings. The lowest BCUT2D eigenvalue weighted by molar-refractivity contribution is -0.0950. The second-order valence-corrected chi connectivity index (χ2v) is 4.44. The monoisotopic (exact) mass is 265 g/mol. The molecule has 1 radical (unpaired) electrons. The SMILES string of the molecule is [CH2]CCOCCC(OCCC)Oc1ccccc1C. The molecule has 19 heavy (non-hydrogen) atoms. The van der Waals surface area contributed by atoms with Crippen molar-refractivity contribution >= 4 is 0 Å². The second kappa shape index (κ2) is 9.82. The minimum absolute atomic E-state index is 0.245. The number of hydrogen-bond acceptors (Lipinski definition) is 3. The molecular weight excluding hydrogens is 240 g/mol. The van der Waals surface area contributed by atoms with Gasteiger partial charge in [-0.25, -0.2) is 0 Å². The zero-order chi connectivity index (χ0) is 13.9. The first kappa shape index (κ1) is 16.0. The predicted octanol–water partition coefficient (Wildman–Crippen LogP) is 3.76. The zero-order valence-corrected chi connectivity index (χ0v) is 12.1. The van der Waals surface area contributed by atoms with Gasteiger partial charge < -0.3 is 14.2 Å². The van der Waals surface area contributed by atoms with Crippen LogP contribution in [0.4, 0.5) is 0 Å². The highest BCUT2D eigenvalue weighted by atomic mass is 16.7. The van der Waals surface area contributed by atoms with Crippen LogP contribution in [0.2, 0.25) is 0 Å². The molecule has 0 aliphatic carbocycles. The molecule has 0 fully saturated rings. The Balaban J connectivity index is 2.46. The summed E-state index contributed by atoms with van der Waals surface area (Å²) in [6.45, 7) is 9.88. The molecule has 0 saturated carbocycles. The Morgan fingerprint density at radius 3 is 2.63 bits per heavy atom. The highest BCUT2D eigenvalue weighted by Crippen LogP contribution is 2.19. The third-order valence-corrected chi connectivity index (χ3v) is 2.65. The van der Waals surface area contributed by atoms with Gasteiger partial charge in [0.2, 0.25) is 6.29 Å². The molecule has 0 amide bonds. The number of para-hydroxylation sites is 1. The van der Waals surface area contributed by atoms with Gasteiger partial charge in [-0.1, -0.05) is 32.0 Å². The zero-order valence-electron chi connectivity index (χ0n) is 12.1. The number of benzene rings is 1. The van der Waals surface area contributed by atoms with Crippen molar-refractivity contribution in [3.8, 4) is 5.75 Å². The molecule has 107 valence electrons.